The van der Waals surface area contributed by atoms with Crippen molar-refractivity contribution < 1.29 is 78.0 Å². The maximum Gasteiger partial charge on any atom is 0.428 e. The molecule has 21 nitrogen and oxygen atoms in total. The third-order valence-corrected chi connectivity index (χ3v) is 16.4. The minimum absolute atomic E-state index is 0.0238. The molecule has 89 heavy (non-hydrogen) atoms. The van der Waals surface area contributed by atoms with Gasteiger partial charge in [0.15, 0.2) is 0 Å². The predicted molar refractivity (Wildman–Crippen MR) is 311 cm³/mol. The topological polar surface area (TPSA) is 273 Å². The third kappa shape index (κ3) is 14.3. The van der Waals surface area contributed by atoms with Gasteiger partial charge in [-0.3, -0.25) is 29.5 Å². The SMILES string of the molecule is NCCOCCOc1ccc(S(=O)(=O)NC(CNC(=O)c2ccc3c(cnn3CCCN(c3nccn3C(NC(=O)OCC3c4ccccc4-c4ccccc43)C(F)(F)F)C(NC(=O)OCC3c4ccccc4-c4ccccc43)C(F)(F)F)c2)C(=O)O)cc1. The van der Waals surface area contributed by atoms with Crippen molar-refractivity contribution in [2.45, 2.75) is 60.4 Å². The number of aryl methyl sites for hydroxylation is 1. The van der Waals surface area contributed by atoms with Crippen LogP contribution in [0.15, 0.2) is 163 Å². The van der Waals surface area contributed by atoms with Crippen molar-refractivity contribution in [2.24, 2.45) is 5.73 Å². The van der Waals surface area contributed by atoms with E-state index < -0.39 is 109 Å². The highest BCUT2D eigenvalue weighted by molar-refractivity contribution is 7.89. The Labute approximate surface area is 504 Å². The fraction of sp³-hybridized carbons (Fsp3) is 0.279. The van der Waals surface area contributed by atoms with Gasteiger partial charge in [-0.2, -0.15) is 36.2 Å². The fourth-order valence-electron chi connectivity index (χ4n) is 10.9. The molecule has 0 saturated carbocycles. The number of sulfonamides is 1. The van der Waals surface area contributed by atoms with Crippen LogP contribution in [0, 0.1) is 0 Å². The van der Waals surface area contributed by atoms with Crippen molar-refractivity contribution >= 4 is 50.9 Å². The van der Waals surface area contributed by atoms with Crippen molar-refractivity contribution in [1.29, 1.82) is 0 Å². The number of alkyl halides is 6. The number of amides is 3. The largest absolute Gasteiger partial charge is 0.491 e. The molecule has 2 aliphatic rings. The first kappa shape index (κ1) is 62.5. The number of anilines is 1. The zero-order chi connectivity index (χ0) is 63.0. The van der Waals surface area contributed by atoms with Gasteiger partial charge < -0.3 is 40.0 Å². The van der Waals surface area contributed by atoms with E-state index in [0.29, 0.717) is 34.7 Å². The summed E-state index contributed by atoms with van der Waals surface area (Å²) >= 11 is 0. The van der Waals surface area contributed by atoms with Crippen molar-refractivity contribution in [3.8, 4) is 28.0 Å². The molecule has 0 spiro atoms. The van der Waals surface area contributed by atoms with Crippen molar-refractivity contribution in [3.63, 3.8) is 0 Å². The van der Waals surface area contributed by atoms with Crippen LogP contribution in [0.5, 0.6) is 5.75 Å². The zero-order valence-corrected chi connectivity index (χ0v) is 47.8. The molecule has 6 aromatic carbocycles. The summed E-state index contributed by atoms with van der Waals surface area (Å²) in [6, 6.07) is 36.4. The lowest BCUT2D eigenvalue weighted by atomic mass is 9.98. The summed E-state index contributed by atoms with van der Waals surface area (Å²) in [5.74, 6) is -4.22. The summed E-state index contributed by atoms with van der Waals surface area (Å²) in [7, 11) is -4.43. The van der Waals surface area contributed by atoms with Crippen LogP contribution in [0.3, 0.4) is 0 Å². The van der Waals surface area contributed by atoms with E-state index in [4.69, 9.17) is 24.7 Å². The Balaban J connectivity index is 0.848. The van der Waals surface area contributed by atoms with Gasteiger partial charge >= 0.3 is 30.5 Å². The smallest absolute Gasteiger partial charge is 0.428 e. The van der Waals surface area contributed by atoms with Gasteiger partial charge in [0, 0.05) is 61.4 Å². The normalized spacial score (nSPS) is 14.0. The van der Waals surface area contributed by atoms with Crippen LogP contribution in [0.25, 0.3) is 33.2 Å². The Morgan fingerprint density at radius 2 is 1.27 bits per heavy atom. The molecule has 2 aliphatic carbocycles. The van der Waals surface area contributed by atoms with Crippen LogP contribution in [0.1, 0.15) is 57.0 Å². The Bertz CT molecular complexity index is 3890. The first-order chi connectivity index (χ1) is 42.7. The lowest BCUT2D eigenvalue weighted by Crippen LogP contribution is -2.58. The quantitative estimate of drug-likeness (QED) is 0.0168. The Morgan fingerprint density at radius 3 is 1.81 bits per heavy atom. The minimum atomic E-state index is -5.43. The van der Waals surface area contributed by atoms with Crippen LogP contribution < -0.4 is 36.0 Å². The highest BCUT2D eigenvalue weighted by atomic mass is 32.2. The van der Waals surface area contributed by atoms with Crippen LogP contribution in [0.2, 0.25) is 0 Å². The number of aliphatic carboxylic acids is 1. The van der Waals surface area contributed by atoms with Crippen LogP contribution in [-0.2, 0) is 35.6 Å². The van der Waals surface area contributed by atoms with E-state index in [-0.39, 0.29) is 41.2 Å². The number of aromatic nitrogens is 4. The van der Waals surface area contributed by atoms with Crippen LogP contribution >= 0.6 is 0 Å². The molecule has 0 aliphatic heterocycles. The number of benzene rings is 6. The minimum Gasteiger partial charge on any atom is -0.491 e. The zero-order valence-electron chi connectivity index (χ0n) is 47.0. The van der Waals surface area contributed by atoms with E-state index >= 15 is 26.3 Å². The number of alkyl carbamates (subject to hydrolysis) is 2. The molecule has 3 atom stereocenters. The number of hydrogen-bond acceptors (Lipinski definition) is 14. The maximum atomic E-state index is 15.7. The average Bonchev–Trinajstić information content (AvgIpc) is 1.98. The molecule has 466 valence electrons. The number of halogens is 6. The number of nitrogens with zero attached hydrogens (tertiary/aromatic N) is 5. The molecular weight excluding hydrogens is 1190 g/mol. The highest BCUT2D eigenvalue weighted by Gasteiger charge is 2.50. The summed E-state index contributed by atoms with van der Waals surface area (Å²) < 4.78 is 145. The number of nitrogens with two attached hydrogens (primary N) is 1. The monoisotopic (exact) mass is 1250 g/mol. The van der Waals surface area contributed by atoms with Crippen molar-refractivity contribution in [1.82, 2.24) is 40.0 Å². The Morgan fingerprint density at radius 1 is 0.708 bits per heavy atom. The van der Waals surface area contributed by atoms with Gasteiger partial charge in [-0.25, -0.2) is 23.0 Å². The van der Waals surface area contributed by atoms with E-state index in [9.17, 15) is 32.7 Å². The molecule has 8 aromatic rings. The lowest BCUT2D eigenvalue weighted by molar-refractivity contribution is -0.174. The van der Waals surface area contributed by atoms with Gasteiger partial charge in [-0.05, 0) is 93.4 Å². The van der Waals surface area contributed by atoms with Gasteiger partial charge in [0.25, 0.3) is 5.91 Å². The summed E-state index contributed by atoms with van der Waals surface area (Å²) in [4.78, 5) is 56.9. The summed E-state index contributed by atoms with van der Waals surface area (Å²) in [6.07, 6.45) is -17.6. The van der Waals surface area contributed by atoms with Gasteiger partial charge in [-0.15, -0.1) is 0 Å². The number of fused-ring (bicyclic) bond motifs is 7. The van der Waals surface area contributed by atoms with Gasteiger partial charge in [0.1, 0.15) is 31.6 Å². The number of carbonyl (C=O) groups excluding carboxylic acids is 3. The number of carbonyl (C=O) groups is 4. The number of imidazole rings is 1. The molecule has 0 fully saturated rings. The molecular formula is C61H58F6N10O11S. The highest BCUT2D eigenvalue weighted by Crippen LogP contribution is 2.46. The van der Waals surface area contributed by atoms with E-state index in [2.05, 4.69) is 20.1 Å². The summed E-state index contributed by atoms with van der Waals surface area (Å²) in [5.41, 5.74) is 12.1. The molecule has 3 amide bonds. The van der Waals surface area contributed by atoms with Crippen LogP contribution in [0.4, 0.5) is 41.9 Å². The first-order valence-corrected chi connectivity index (χ1v) is 29.3. The molecule has 0 radical (unpaired) electrons. The Hall–Kier alpha value is -9.51. The average molecular weight is 1250 g/mol. The molecule has 28 heteroatoms. The second-order valence-electron chi connectivity index (χ2n) is 20.6. The molecule has 0 saturated heterocycles. The molecule has 3 unspecified atom stereocenters. The molecule has 0 bridgehead atoms. The summed E-state index contributed by atoms with van der Waals surface area (Å²) in [5, 5.41) is 20.6. The van der Waals surface area contributed by atoms with E-state index in [0.717, 1.165) is 56.9 Å². The second-order valence-corrected chi connectivity index (χ2v) is 22.3. The standard InChI is InChI=1S/C61H58F6N10O11S/c62-60(63,64)55(72-58(81)87-35-49-45-14-5-1-10-41(45)42-11-2-6-15-46(42)49)75(57-69-25-28-76(57)56(61(65,66)67)73-59(82)88-36-50-47-16-7-3-12-43(47)44-13-4-8-17-48(44)50)26-9-27-77-52-23-18-37(32-38(52)33-71-77)53(78)70-34-51(54(79)80)74-89(83,84)40-21-19-39(20-22-40)86-31-30-85-29-24-68/h1-8,10-23,25,28,32-33,49-51,55-56,74H,9,24,26-27,29-31,34-36,68H2,(H,70,78)(H,72,81)(H,73,82)(H,79,80). The summed E-state index contributed by atoms with van der Waals surface area (Å²) in [6.45, 7) is -1.45. The first-order valence-electron chi connectivity index (χ1n) is 27.9. The molecule has 2 aromatic heterocycles. The van der Waals surface area contributed by atoms with Gasteiger partial charge in [-0.1, -0.05) is 97.1 Å². The second kappa shape index (κ2) is 26.8. The number of hydrogen-bond donors (Lipinski definition) is 6. The number of carboxylic acid groups (broad SMARTS) is 1. The molecule has 2 heterocycles. The van der Waals surface area contributed by atoms with E-state index in [1.54, 1.807) is 53.8 Å². The van der Waals surface area contributed by atoms with E-state index in [1.165, 1.54) is 53.3 Å². The third-order valence-electron chi connectivity index (χ3n) is 14.9. The number of nitrogens with one attached hydrogen (secondary N) is 4. The number of carboxylic acids is 1. The fourth-order valence-corrected chi connectivity index (χ4v) is 12.1. The van der Waals surface area contributed by atoms with Crippen molar-refractivity contribution in [2.75, 3.05) is 57.6 Å². The lowest BCUT2D eigenvalue weighted by Gasteiger charge is -2.35. The Kier molecular flexibility index (Phi) is 18.9. The van der Waals surface area contributed by atoms with Crippen LogP contribution in [-0.4, -0.2) is 134 Å². The van der Waals surface area contributed by atoms with Crippen molar-refractivity contribution in [3.05, 3.63) is 186 Å². The maximum absolute atomic E-state index is 15.7. The predicted octanol–water partition coefficient (Wildman–Crippen LogP) is 8.67. The van der Waals surface area contributed by atoms with Gasteiger partial charge in [0.2, 0.25) is 28.3 Å². The number of rotatable bonds is 26. The molecule has 7 N–H and O–H groups in total. The number of ether oxygens (including phenoxy) is 4. The molecule has 10 rings (SSSR count). The van der Waals surface area contributed by atoms with Gasteiger partial charge in [0.05, 0.1) is 29.8 Å². The van der Waals surface area contributed by atoms with E-state index in [1.807, 2.05) is 53.8 Å².